The Hall–Kier alpha value is -1.30. The van der Waals surface area contributed by atoms with Gasteiger partial charge in [0.25, 0.3) is 0 Å². The number of hydrogen-bond acceptors (Lipinski definition) is 4. The fraction of sp³-hybridized carbons (Fsp3) is 0.438. The van der Waals surface area contributed by atoms with Gasteiger partial charge in [0.2, 0.25) is 0 Å². The average molecular weight is 307 g/mol. The molecule has 1 aromatic heterocycles. The number of hydrogen-bond donors (Lipinski definition) is 1. The molecule has 0 unspecified atom stereocenters. The maximum atomic E-state index is 13.9. The minimum Gasteiger partial charge on any atom is -0.313 e. The highest BCUT2D eigenvalue weighted by atomic mass is 32.1. The predicted octanol–water partition coefficient (Wildman–Crippen LogP) is 3.33. The van der Waals surface area contributed by atoms with E-state index in [1.165, 1.54) is 0 Å². The molecule has 1 aromatic carbocycles. The van der Waals surface area contributed by atoms with Gasteiger partial charge >= 0.3 is 0 Å². The lowest BCUT2D eigenvalue weighted by molar-refractivity contribution is 0.310. The molecule has 114 valence electrons. The summed E-state index contributed by atoms with van der Waals surface area (Å²) in [4.78, 5) is 6.53. The molecule has 0 bridgehead atoms. The quantitative estimate of drug-likeness (QED) is 0.850. The largest absolute Gasteiger partial charge is 0.313 e. The summed E-state index contributed by atoms with van der Waals surface area (Å²) in [5, 5.41) is 6.39. The van der Waals surface area contributed by atoms with Crippen LogP contribution in [-0.2, 0) is 19.6 Å². The third-order valence-corrected chi connectivity index (χ3v) is 4.05. The summed E-state index contributed by atoms with van der Waals surface area (Å²) in [5.41, 5.74) is 2.90. The molecule has 3 nitrogen and oxygen atoms in total. The molecule has 0 amide bonds. The molecule has 1 heterocycles. The Morgan fingerprint density at radius 3 is 2.81 bits per heavy atom. The van der Waals surface area contributed by atoms with Crippen LogP contribution in [0.25, 0.3) is 0 Å². The monoisotopic (exact) mass is 307 g/mol. The zero-order valence-corrected chi connectivity index (χ0v) is 13.6. The van der Waals surface area contributed by atoms with Crippen LogP contribution in [0.2, 0.25) is 0 Å². The summed E-state index contributed by atoms with van der Waals surface area (Å²) >= 11 is 1.65. The smallest absolute Gasteiger partial charge is 0.127 e. The Balaban J connectivity index is 2.00. The van der Waals surface area contributed by atoms with Crippen molar-refractivity contribution in [3.05, 3.63) is 51.2 Å². The molecule has 0 aliphatic heterocycles. The molecular formula is C16H22FN3S. The van der Waals surface area contributed by atoms with E-state index in [9.17, 15) is 4.39 Å². The molecule has 0 saturated carbocycles. The Bertz CT molecular complexity index is 583. The number of aromatic nitrogens is 1. The molecule has 0 aliphatic rings. The third kappa shape index (κ3) is 4.88. The Labute approximate surface area is 129 Å². The number of benzene rings is 1. The predicted molar refractivity (Wildman–Crippen MR) is 85.8 cm³/mol. The van der Waals surface area contributed by atoms with Gasteiger partial charge in [-0.25, -0.2) is 9.37 Å². The normalized spacial score (nSPS) is 11.3. The van der Waals surface area contributed by atoms with Crippen LogP contribution in [0.15, 0.2) is 23.6 Å². The number of nitrogens with one attached hydrogen (secondary N) is 1. The van der Waals surface area contributed by atoms with Crippen molar-refractivity contribution in [3.8, 4) is 0 Å². The van der Waals surface area contributed by atoms with Crippen LogP contribution in [0.3, 0.4) is 0 Å². The van der Waals surface area contributed by atoms with E-state index >= 15 is 0 Å². The summed E-state index contributed by atoms with van der Waals surface area (Å²) in [7, 11) is 1.99. The molecule has 0 radical (unpaired) electrons. The van der Waals surface area contributed by atoms with Crippen molar-refractivity contribution in [2.24, 2.45) is 0 Å². The summed E-state index contributed by atoms with van der Waals surface area (Å²) < 4.78 is 13.9. The number of aryl methyl sites for hydroxylation is 1. The second kappa shape index (κ2) is 7.64. The zero-order chi connectivity index (χ0) is 15.2. The van der Waals surface area contributed by atoms with Crippen LogP contribution >= 0.6 is 11.3 Å². The van der Waals surface area contributed by atoms with E-state index in [0.717, 1.165) is 41.5 Å². The van der Waals surface area contributed by atoms with Crippen molar-refractivity contribution < 1.29 is 4.39 Å². The van der Waals surface area contributed by atoms with E-state index in [-0.39, 0.29) is 5.82 Å². The fourth-order valence-electron chi connectivity index (χ4n) is 2.23. The van der Waals surface area contributed by atoms with Crippen molar-refractivity contribution in [1.29, 1.82) is 0 Å². The molecule has 0 fully saturated rings. The highest BCUT2D eigenvalue weighted by Crippen LogP contribution is 2.15. The van der Waals surface area contributed by atoms with Crippen LogP contribution in [-0.4, -0.2) is 23.5 Å². The van der Waals surface area contributed by atoms with Gasteiger partial charge in [0, 0.05) is 30.6 Å². The van der Waals surface area contributed by atoms with Crippen molar-refractivity contribution in [2.75, 3.05) is 13.6 Å². The van der Waals surface area contributed by atoms with Crippen molar-refractivity contribution >= 4 is 11.3 Å². The van der Waals surface area contributed by atoms with Gasteiger partial charge in [-0.1, -0.05) is 19.1 Å². The molecule has 0 atom stereocenters. The van der Waals surface area contributed by atoms with Crippen molar-refractivity contribution in [2.45, 2.75) is 33.5 Å². The molecule has 5 heteroatoms. The van der Waals surface area contributed by atoms with Crippen LogP contribution in [0.5, 0.6) is 0 Å². The Morgan fingerprint density at radius 2 is 2.14 bits per heavy atom. The topological polar surface area (TPSA) is 28.2 Å². The molecule has 0 aliphatic carbocycles. The first kappa shape index (κ1) is 16.1. The third-order valence-electron chi connectivity index (χ3n) is 3.23. The van der Waals surface area contributed by atoms with E-state index in [4.69, 9.17) is 0 Å². The first-order valence-electron chi connectivity index (χ1n) is 7.16. The molecular weight excluding hydrogens is 285 g/mol. The van der Waals surface area contributed by atoms with Gasteiger partial charge in [-0.15, -0.1) is 11.3 Å². The van der Waals surface area contributed by atoms with Gasteiger partial charge in [-0.2, -0.15) is 0 Å². The number of nitrogens with zero attached hydrogens (tertiary/aromatic N) is 2. The maximum absolute atomic E-state index is 13.9. The lowest BCUT2D eigenvalue weighted by Gasteiger charge is -2.16. The van der Waals surface area contributed by atoms with Crippen LogP contribution in [0, 0.1) is 12.7 Å². The Kier molecular flexibility index (Phi) is 5.85. The van der Waals surface area contributed by atoms with Crippen LogP contribution in [0.4, 0.5) is 4.39 Å². The summed E-state index contributed by atoms with van der Waals surface area (Å²) in [6, 6.07) is 5.34. The first-order valence-corrected chi connectivity index (χ1v) is 8.04. The Morgan fingerprint density at radius 1 is 1.33 bits per heavy atom. The summed E-state index contributed by atoms with van der Waals surface area (Å²) in [6.07, 6.45) is 0. The highest BCUT2D eigenvalue weighted by molar-refractivity contribution is 7.09. The van der Waals surface area contributed by atoms with E-state index in [2.05, 4.69) is 27.5 Å². The highest BCUT2D eigenvalue weighted by Gasteiger charge is 2.09. The minimum absolute atomic E-state index is 0.142. The molecule has 0 saturated heterocycles. The number of halogens is 1. The second-order valence-electron chi connectivity index (χ2n) is 5.24. The lowest BCUT2D eigenvalue weighted by Crippen LogP contribution is -2.19. The van der Waals surface area contributed by atoms with E-state index < -0.39 is 0 Å². The van der Waals surface area contributed by atoms with E-state index in [0.29, 0.717) is 6.54 Å². The van der Waals surface area contributed by atoms with Crippen molar-refractivity contribution in [3.63, 3.8) is 0 Å². The van der Waals surface area contributed by atoms with Gasteiger partial charge in [0.1, 0.15) is 5.82 Å². The summed E-state index contributed by atoms with van der Waals surface area (Å²) in [5.74, 6) is -0.142. The van der Waals surface area contributed by atoms with Gasteiger partial charge in [-0.3, -0.25) is 4.90 Å². The zero-order valence-electron chi connectivity index (χ0n) is 12.8. The van der Waals surface area contributed by atoms with Crippen LogP contribution < -0.4 is 5.32 Å². The van der Waals surface area contributed by atoms with Gasteiger partial charge in [0.15, 0.2) is 0 Å². The first-order chi connectivity index (χ1) is 10.1. The lowest BCUT2D eigenvalue weighted by atomic mass is 10.1. The summed E-state index contributed by atoms with van der Waals surface area (Å²) in [6.45, 7) is 7.07. The van der Waals surface area contributed by atoms with Gasteiger partial charge < -0.3 is 5.32 Å². The maximum Gasteiger partial charge on any atom is 0.127 e. The molecule has 2 rings (SSSR count). The standard InChI is InChI=1S/C16H22FN3S/c1-4-18-8-13-5-6-16(17)14(7-13)9-20(3)10-15-11-21-12(2)19-15/h5-7,11,18H,4,8-10H2,1-3H3. The number of rotatable bonds is 7. The van der Waals surface area contributed by atoms with Crippen LogP contribution in [0.1, 0.15) is 28.8 Å². The second-order valence-corrected chi connectivity index (χ2v) is 6.30. The van der Waals surface area contributed by atoms with E-state index in [1.54, 1.807) is 17.4 Å². The van der Waals surface area contributed by atoms with Gasteiger partial charge in [0.05, 0.1) is 10.7 Å². The molecule has 2 aromatic rings. The molecule has 21 heavy (non-hydrogen) atoms. The number of thiazole rings is 1. The molecule has 1 N–H and O–H groups in total. The average Bonchev–Trinajstić information content (AvgIpc) is 2.84. The van der Waals surface area contributed by atoms with E-state index in [1.807, 2.05) is 26.1 Å². The van der Waals surface area contributed by atoms with Gasteiger partial charge in [-0.05, 0) is 32.1 Å². The SMILES string of the molecule is CCNCc1ccc(F)c(CN(C)Cc2csc(C)n2)c1. The van der Waals surface area contributed by atoms with Crippen molar-refractivity contribution in [1.82, 2.24) is 15.2 Å². The fourth-order valence-corrected chi connectivity index (χ4v) is 2.84. The minimum atomic E-state index is -0.142. The molecule has 0 spiro atoms.